The summed E-state index contributed by atoms with van der Waals surface area (Å²) in [6, 6.07) is 0.485. The van der Waals surface area contributed by atoms with Crippen molar-refractivity contribution in [3.63, 3.8) is 0 Å². The van der Waals surface area contributed by atoms with Gasteiger partial charge in [0, 0.05) is 18.8 Å². The second-order valence-electron chi connectivity index (χ2n) is 2.93. The first-order valence-corrected chi connectivity index (χ1v) is 4.56. The summed E-state index contributed by atoms with van der Waals surface area (Å²) in [7, 11) is 0. The number of carbonyl (C=O) groups is 2. The van der Waals surface area contributed by atoms with Crippen molar-refractivity contribution in [3.8, 4) is 0 Å². The molecule has 2 amide bonds. The van der Waals surface area contributed by atoms with Gasteiger partial charge in [-0.3, -0.25) is 4.79 Å². The molecule has 0 atom stereocenters. The van der Waals surface area contributed by atoms with Gasteiger partial charge in [-0.15, -0.1) is 5.10 Å². The summed E-state index contributed by atoms with van der Waals surface area (Å²) in [6.45, 7) is 2.02. The molecule has 0 unspecified atom stereocenters. The number of aromatic nitrogens is 2. The van der Waals surface area contributed by atoms with Crippen LogP contribution in [0.2, 0.25) is 0 Å². The van der Waals surface area contributed by atoms with Gasteiger partial charge in [-0.25, -0.2) is 4.79 Å². The number of amides is 2. The monoisotopic (exact) mass is 250 g/mol. The van der Waals surface area contributed by atoms with E-state index in [1.54, 1.807) is 6.92 Å². The lowest BCUT2D eigenvalue weighted by molar-refractivity contribution is -0.167. The molecule has 0 radical (unpaired) electrons. The lowest BCUT2D eigenvalue weighted by atomic mass is 10.5. The molecule has 0 aliphatic carbocycles. The highest BCUT2D eigenvalue weighted by molar-refractivity contribution is 5.94. The lowest BCUT2D eigenvalue weighted by Crippen LogP contribution is -2.31. The Morgan fingerprint density at radius 2 is 2.12 bits per heavy atom. The molecule has 9 heteroatoms. The Labute approximate surface area is 93.8 Å². The summed E-state index contributed by atoms with van der Waals surface area (Å²) in [5.74, 6) is -2.49. The predicted molar refractivity (Wildman–Crippen MR) is 51.4 cm³/mol. The molecule has 1 aromatic rings. The van der Waals surface area contributed by atoms with Crippen molar-refractivity contribution < 1.29 is 22.8 Å². The molecule has 1 rings (SSSR count). The topological polar surface area (TPSA) is 76.0 Å². The summed E-state index contributed by atoms with van der Waals surface area (Å²) in [6.07, 6.45) is -3.85. The van der Waals surface area contributed by atoms with Gasteiger partial charge in [0.15, 0.2) is 5.82 Å². The van der Waals surface area contributed by atoms with Gasteiger partial charge in [0.1, 0.15) is 0 Å². The normalized spacial score (nSPS) is 11.1. The fourth-order valence-electron chi connectivity index (χ4n) is 0.923. The van der Waals surface area contributed by atoms with Crippen LogP contribution in [-0.2, 0) is 4.79 Å². The molecular weight excluding hydrogens is 241 g/mol. The number of nitrogens with one attached hydrogen (secondary N) is 2. The van der Waals surface area contributed by atoms with Crippen LogP contribution in [0.5, 0.6) is 0 Å². The van der Waals surface area contributed by atoms with Crippen molar-refractivity contribution in [1.82, 2.24) is 15.1 Å². The predicted octanol–water partition coefficient (Wildman–Crippen LogP) is 0.962. The Morgan fingerprint density at radius 1 is 1.47 bits per heavy atom. The van der Waals surface area contributed by atoms with Crippen LogP contribution in [0.4, 0.5) is 23.8 Å². The van der Waals surface area contributed by atoms with Gasteiger partial charge in [-0.05, 0) is 6.92 Å². The SMILES string of the molecule is CCNC(=O)n1ccc(NC(=O)C(F)(F)F)n1. The quantitative estimate of drug-likeness (QED) is 0.820. The molecule has 1 aromatic heterocycles. The van der Waals surface area contributed by atoms with Gasteiger partial charge >= 0.3 is 18.1 Å². The van der Waals surface area contributed by atoms with Gasteiger partial charge in [-0.1, -0.05) is 0 Å². The highest BCUT2D eigenvalue weighted by Gasteiger charge is 2.39. The molecule has 0 aromatic carbocycles. The molecule has 2 N–H and O–H groups in total. The average Bonchev–Trinajstić information content (AvgIpc) is 2.65. The van der Waals surface area contributed by atoms with Gasteiger partial charge in [-0.2, -0.15) is 17.9 Å². The van der Waals surface area contributed by atoms with E-state index < -0.39 is 18.1 Å². The van der Waals surface area contributed by atoms with Gasteiger partial charge in [0.05, 0.1) is 0 Å². The van der Waals surface area contributed by atoms with Crippen LogP contribution in [0, 0.1) is 0 Å². The molecule has 0 fully saturated rings. The van der Waals surface area contributed by atoms with Crippen LogP contribution in [0.15, 0.2) is 12.3 Å². The maximum Gasteiger partial charge on any atom is 0.471 e. The molecule has 94 valence electrons. The van der Waals surface area contributed by atoms with E-state index in [1.165, 1.54) is 5.32 Å². The fourth-order valence-corrected chi connectivity index (χ4v) is 0.923. The Hall–Kier alpha value is -2.06. The third kappa shape index (κ3) is 3.47. The minimum absolute atomic E-state index is 0.349. The zero-order chi connectivity index (χ0) is 13.1. The van der Waals surface area contributed by atoms with Crippen LogP contribution >= 0.6 is 0 Å². The molecule has 0 saturated heterocycles. The highest BCUT2D eigenvalue weighted by atomic mass is 19.4. The van der Waals surface area contributed by atoms with Crippen molar-refractivity contribution in [2.24, 2.45) is 0 Å². The molecule has 0 saturated carbocycles. The van der Waals surface area contributed by atoms with Crippen LogP contribution < -0.4 is 10.6 Å². The van der Waals surface area contributed by atoms with E-state index in [4.69, 9.17) is 0 Å². The number of rotatable bonds is 2. The molecule has 0 spiro atoms. The largest absolute Gasteiger partial charge is 0.471 e. The van der Waals surface area contributed by atoms with Gasteiger partial charge in [0.25, 0.3) is 0 Å². The number of nitrogens with zero attached hydrogens (tertiary/aromatic N) is 2. The number of halogens is 3. The zero-order valence-electron chi connectivity index (χ0n) is 8.71. The van der Waals surface area contributed by atoms with E-state index in [0.29, 0.717) is 6.54 Å². The van der Waals surface area contributed by atoms with Crippen molar-refractivity contribution >= 4 is 17.8 Å². The van der Waals surface area contributed by atoms with Crippen LogP contribution in [-0.4, -0.2) is 34.4 Å². The van der Waals surface area contributed by atoms with Crippen LogP contribution in [0.3, 0.4) is 0 Å². The van der Waals surface area contributed by atoms with E-state index in [-0.39, 0.29) is 5.82 Å². The Morgan fingerprint density at radius 3 is 2.65 bits per heavy atom. The summed E-state index contributed by atoms with van der Waals surface area (Å²) >= 11 is 0. The highest BCUT2D eigenvalue weighted by Crippen LogP contribution is 2.17. The molecule has 0 bridgehead atoms. The maximum absolute atomic E-state index is 11.9. The van der Waals surface area contributed by atoms with E-state index in [9.17, 15) is 22.8 Å². The summed E-state index contributed by atoms with van der Waals surface area (Å²) in [4.78, 5) is 21.7. The average molecular weight is 250 g/mol. The van der Waals surface area contributed by atoms with Crippen molar-refractivity contribution in [1.29, 1.82) is 0 Å². The minimum atomic E-state index is -4.99. The minimum Gasteiger partial charge on any atom is -0.336 e. The number of hydrogen-bond donors (Lipinski definition) is 2. The van der Waals surface area contributed by atoms with Gasteiger partial charge in [0.2, 0.25) is 0 Å². The molecular formula is C8H9F3N4O2. The van der Waals surface area contributed by atoms with Crippen molar-refractivity contribution in [2.45, 2.75) is 13.1 Å². The standard InChI is InChI=1S/C8H9F3N4O2/c1-2-12-7(17)15-4-3-5(14-15)13-6(16)8(9,10)11/h3-4H,2H2,1H3,(H,12,17)(H,13,14,16). The van der Waals surface area contributed by atoms with E-state index in [1.807, 2.05) is 0 Å². The Bertz CT molecular complexity index is 427. The van der Waals surface area contributed by atoms with E-state index >= 15 is 0 Å². The van der Waals surface area contributed by atoms with Crippen molar-refractivity contribution in [2.75, 3.05) is 11.9 Å². The molecule has 1 heterocycles. The maximum atomic E-state index is 11.9. The first-order valence-electron chi connectivity index (χ1n) is 4.56. The van der Waals surface area contributed by atoms with Crippen LogP contribution in [0.1, 0.15) is 6.92 Å². The summed E-state index contributed by atoms with van der Waals surface area (Å²) in [5, 5.41) is 7.36. The molecule has 0 aliphatic heterocycles. The molecule has 17 heavy (non-hydrogen) atoms. The molecule has 0 aliphatic rings. The summed E-state index contributed by atoms with van der Waals surface area (Å²) in [5.41, 5.74) is 0. The Kier molecular flexibility index (Phi) is 3.71. The number of carbonyl (C=O) groups excluding carboxylic acids is 2. The third-order valence-corrected chi connectivity index (χ3v) is 1.62. The van der Waals surface area contributed by atoms with E-state index in [2.05, 4.69) is 10.4 Å². The number of hydrogen-bond acceptors (Lipinski definition) is 3. The Balaban J connectivity index is 2.69. The third-order valence-electron chi connectivity index (χ3n) is 1.62. The second-order valence-corrected chi connectivity index (χ2v) is 2.93. The lowest BCUT2D eigenvalue weighted by Gasteiger charge is -2.04. The van der Waals surface area contributed by atoms with Gasteiger partial charge < -0.3 is 10.6 Å². The number of alkyl halides is 3. The van der Waals surface area contributed by atoms with E-state index in [0.717, 1.165) is 16.9 Å². The summed E-state index contributed by atoms with van der Waals surface area (Å²) < 4.78 is 36.5. The second kappa shape index (κ2) is 4.85. The number of anilines is 1. The first kappa shape index (κ1) is 13.0. The van der Waals surface area contributed by atoms with Crippen LogP contribution in [0.25, 0.3) is 0 Å². The first-order chi connectivity index (χ1) is 7.84. The molecule has 6 nitrogen and oxygen atoms in total. The zero-order valence-corrected chi connectivity index (χ0v) is 8.71. The van der Waals surface area contributed by atoms with Crippen molar-refractivity contribution in [3.05, 3.63) is 12.3 Å². The fraction of sp³-hybridized carbons (Fsp3) is 0.375. The smallest absolute Gasteiger partial charge is 0.336 e.